The Morgan fingerprint density at radius 1 is 1.08 bits per heavy atom. The number of unbranched alkanes of at least 4 members (excludes halogenated alkanes) is 2. The first kappa shape index (κ1) is 18.8. The Balaban J connectivity index is 1.43. The molecule has 6 heteroatoms. The highest BCUT2D eigenvalue weighted by Crippen LogP contribution is 2.31. The molecule has 2 heterocycles. The zero-order valence-corrected chi connectivity index (χ0v) is 14.6. The Bertz CT molecular complexity index is 614. The predicted octanol–water partition coefficient (Wildman–Crippen LogP) is 2.21. The Labute approximate surface area is 153 Å². The molecule has 140 valence electrons. The number of aldehydes is 1. The zero-order chi connectivity index (χ0) is 18.2. The van der Waals surface area contributed by atoms with Gasteiger partial charge in [-0.2, -0.15) is 0 Å². The van der Waals surface area contributed by atoms with Crippen molar-refractivity contribution in [2.45, 2.75) is 50.3 Å². The Kier molecular flexibility index (Phi) is 6.94. The van der Waals surface area contributed by atoms with Gasteiger partial charge in [-0.3, -0.25) is 0 Å². The molecule has 4 atom stereocenters. The van der Waals surface area contributed by atoms with Crippen LogP contribution in [0.25, 0.3) is 0 Å². The number of hydrogen-bond donors (Lipinski definition) is 0. The Morgan fingerprint density at radius 3 is 2.58 bits per heavy atom. The van der Waals surface area contributed by atoms with Gasteiger partial charge in [0.2, 0.25) is 0 Å². The maximum Gasteiger partial charge on any atom is 0.330 e. The number of carbonyl (C=O) groups is 2. The normalized spacial score (nSPS) is 27.5. The molecule has 0 spiro atoms. The first-order valence-corrected chi connectivity index (χ1v) is 8.97. The lowest BCUT2D eigenvalue weighted by molar-refractivity contribution is -0.147. The molecule has 0 amide bonds. The van der Waals surface area contributed by atoms with Crippen LogP contribution in [0.1, 0.15) is 24.8 Å². The van der Waals surface area contributed by atoms with Crippen molar-refractivity contribution in [2.24, 2.45) is 0 Å². The van der Waals surface area contributed by atoms with Gasteiger partial charge < -0.3 is 23.7 Å². The van der Waals surface area contributed by atoms with E-state index in [0.29, 0.717) is 32.7 Å². The van der Waals surface area contributed by atoms with Crippen molar-refractivity contribution < 1.29 is 28.5 Å². The predicted molar refractivity (Wildman–Crippen MR) is 93.4 cm³/mol. The molecule has 0 N–H and O–H groups in total. The van der Waals surface area contributed by atoms with E-state index in [1.54, 1.807) is 6.08 Å². The van der Waals surface area contributed by atoms with E-state index in [0.717, 1.165) is 18.3 Å². The smallest absolute Gasteiger partial charge is 0.330 e. The van der Waals surface area contributed by atoms with E-state index in [9.17, 15) is 9.59 Å². The molecule has 1 aromatic rings. The molecule has 0 unspecified atom stereocenters. The van der Waals surface area contributed by atoms with Gasteiger partial charge >= 0.3 is 5.97 Å². The molecule has 26 heavy (non-hydrogen) atoms. The van der Waals surface area contributed by atoms with Crippen LogP contribution < -0.4 is 0 Å². The van der Waals surface area contributed by atoms with Gasteiger partial charge in [0.05, 0.1) is 19.8 Å². The van der Waals surface area contributed by atoms with E-state index in [1.807, 2.05) is 30.3 Å². The monoisotopic (exact) mass is 360 g/mol. The van der Waals surface area contributed by atoms with Crippen LogP contribution >= 0.6 is 0 Å². The minimum atomic E-state index is -0.419. The molecule has 2 aliphatic heterocycles. The van der Waals surface area contributed by atoms with Crippen molar-refractivity contribution in [1.82, 2.24) is 0 Å². The molecule has 3 rings (SSSR count). The first-order valence-electron chi connectivity index (χ1n) is 8.97. The lowest BCUT2D eigenvalue weighted by Gasteiger charge is -2.17. The number of carbonyl (C=O) groups excluding carboxylic acids is 2. The summed E-state index contributed by atoms with van der Waals surface area (Å²) in [5.41, 5.74) is 1.09. The van der Waals surface area contributed by atoms with E-state index >= 15 is 0 Å². The molecule has 2 fully saturated rings. The van der Waals surface area contributed by atoms with Crippen LogP contribution in [0.2, 0.25) is 0 Å². The van der Waals surface area contributed by atoms with E-state index in [4.69, 9.17) is 18.9 Å². The van der Waals surface area contributed by atoms with Gasteiger partial charge in [0, 0.05) is 12.5 Å². The van der Waals surface area contributed by atoms with Gasteiger partial charge in [-0.05, 0) is 18.4 Å². The summed E-state index contributed by atoms with van der Waals surface area (Å²) in [5.74, 6) is -0.414. The van der Waals surface area contributed by atoms with Crippen LogP contribution in [-0.4, -0.2) is 49.9 Å². The minimum Gasteiger partial charge on any atom is -0.454 e. The molecule has 0 radical (unpaired) electrons. The fraction of sp³-hybridized carbons (Fsp3) is 0.500. The molecule has 0 bridgehead atoms. The Hall–Kier alpha value is -2.02. The summed E-state index contributed by atoms with van der Waals surface area (Å²) in [6.07, 6.45) is 4.81. The highest BCUT2D eigenvalue weighted by molar-refractivity contribution is 5.82. The summed E-state index contributed by atoms with van der Waals surface area (Å²) in [4.78, 5) is 22.1. The first-order chi connectivity index (χ1) is 12.8. The van der Waals surface area contributed by atoms with Crippen LogP contribution in [0.5, 0.6) is 0 Å². The van der Waals surface area contributed by atoms with Crippen molar-refractivity contribution >= 4 is 12.3 Å². The summed E-state index contributed by atoms with van der Waals surface area (Å²) in [6.45, 7) is 1.23. The van der Waals surface area contributed by atoms with Crippen molar-refractivity contribution in [3.05, 3.63) is 48.0 Å². The number of rotatable bonds is 9. The third-order valence-electron chi connectivity index (χ3n) is 4.48. The summed E-state index contributed by atoms with van der Waals surface area (Å²) in [7, 11) is 0. The second-order valence-corrected chi connectivity index (χ2v) is 6.41. The molecule has 2 saturated heterocycles. The van der Waals surface area contributed by atoms with E-state index in [2.05, 4.69) is 0 Å². The molecular formula is C20H24O6. The van der Waals surface area contributed by atoms with Crippen LogP contribution in [0, 0.1) is 0 Å². The van der Waals surface area contributed by atoms with Gasteiger partial charge in [0.25, 0.3) is 0 Å². The van der Waals surface area contributed by atoms with Gasteiger partial charge in [-0.25, -0.2) is 4.79 Å². The van der Waals surface area contributed by atoms with Crippen molar-refractivity contribution in [3.63, 3.8) is 0 Å². The maximum atomic E-state index is 11.9. The maximum absolute atomic E-state index is 11.9. The molecule has 6 nitrogen and oxygen atoms in total. The fourth-order valence-electron chi connectivity index (χ4n) is 3.14. The van der Waals surface area contributed by atoms with E-state index in [-0.39, 0.29) is 18.3 Å². The lowest BCUT2D eigenvalue weighted by atomic mass is 10.1. The molecule has 1 aromatic carbocycles. The summed E-state index contributed by atoms with van der Waals surface area (Å²) < 4.78 is 22.9. The number of ether oxygens (including phenoxy) is 4. The van der Waals surface area contributed by atoms with Crippen LogP contribution in [0.15, 0.2) is 42.5 Å². The van der Waals surface area contributed by atoms with Crippen molar-refractivity contribution in [2.75, 3.05) is 13.2 Å². The van der Waals surface area contributed by atoms with Gasteiger partial charge in [0.15, 0.2) is 6.10 Å². The quantitative estimate of drug-likeness (QED) is 0.291. The number of allylic oxidation sites excluding steroid dienone is 1. The third-order valence-corrected chi connectivity index (χ3v) is 4.48. The summed E-state index contributed by atoms with van der Waals surface area (Å²) in [5, 5.41) is 0. The average molecular weight is 360 g/mol. The van der Waals surface area contributed by atoms with Crippen LogP contribution in [0.4, 0.5) is 0 Å². The standard InChI is InChI=1S/C20H24O6/c21-11-7-2-1-6-10-18(22)26-17-14-25-19-16(13-24-20(17)19)23-12-15-8-4-3-5-9-15/h3-6,8-11,16-17,19-20H,1-2,7,12-14H2/b10-6+/t16-,17-,19-,20-/m1/s1. The topological polar surface area (TPSA) is 71.1 Å². The molecule has 2 aliphatic rings. The average Bonchev–Trinajstić information content (AvgIpc) is 3.24. The highest BCUT2D eigenvalue weighted by atomic mass is 16.7. The number of esters is 1. The molecule has 0 saturated carbocycles. The largest absolute Gasteiger partial charge is 0.454 e. The third kappa shape index (κ3) is 5.00. The highest BCUT2D eigenvalue weighted by Gasteiger charge is 2.49. The van der Waals surface area contributed by atoms with Gasteiger partial charge in [-0.15, -0.1) is 0 Å². The number of fused-ring (bicyclic) bond motifs is 1. The molecule has 0 aliphatic carbocycles. The van der Waals surface area contributed by atoms with Gasteiger partial charge in [0.1, 0.15) is 24.6 Å². The lowest BCUT2D eigenvalue weighted by Crippen LogP contribution is -2.34. The van der Waals surface area contributed by atoms with Crippen LogP contribution in [-0.2, 0) is 35.1 Å². The van der Waals surface area contributed by atoms with Gasteiger partial charge in [-0.1, -0.05) is 36.4 Å². The van der Waals surface area contributed by atoms with Crippen molar-refractivity contribution in [1.29, 1.82) is 0 Å². The minimum absolute atomic E-state index is 0.164. The molecule has 0 aromatic heterocycles. The summed E-state index contributed by atoms with van der Waals surface area (Å²) >= 11 is 0. The fourth-order valence-corrected chi connectivity index (χ4v) is 3.14. The number of benzene rings is 1. The van der Waals surface area contributed by atoms with Crippen LogP contribution in [0.3, 0.4) is 0 Å². The molecular weight excluding hydrogens is 336 g/mol. The SMILES string of the molecule is O=CCCC/C=C/C(=O)O[C@@H]1CO[C@H]2[C@@H]1OC[C@H]2OCc1ccccc1. The second-order valence-electron chi connectivity index (χ2n) is 6.41. The van der Waals surface area contributed by atoms with Crippen molar-refractivity contribution in [3.8, 4) is 0 Å². The van der Waals surface area contributed by atoms with E-state index < -0.39 is 12.1 Å². The second kappa shape index (κ2) is 9.62. The van der Waals surface area contributed by atoms with E-state index in [1.165, 1.54) is 6.08 Å². The Morgan fingerprint density at radius 2 is 1.81 bits per heavy atom. The summed E-state index contributed by atoms with van der Waals surface area (Å²) in [6, 6.07) is 9.93. The number of hydrogen-bond acceptors (Lipinski definition) is 6. The zero-order valence-electron chi connectivity index (χ0n) is 14.6.